The van der Waals surface area contributed by atoms with E-state index in [1.165, 1.54) is 5.56 Å². The van der Waals surface area contributed by atoms with Crippen LogP contribution >= 0.6 is 0 Å². The van der Waals surface area contributed by atoms with Crippen LogP contribution in [0.3, 0.4) is 0 Å². The van der Waals surface area contributed by atoms with Crippen LogP contribution in [-0.2, 0) is 0 Å². The number of hydrogen-bond donors (Lipinski definition) is 1. The van der Waals surface area contributed by atoms with Crippen molar-refractivity contribution in [2.24, 2.45) is 0 Å². The van der Waals surface area contributed by atoms with E-state index in [-0.39, 0.29) is 0 Å². The fourth-order valence-electron chi connectivity index (χ4n) is 2.37. The SMILES string of the molecule is CCN(CC)c1ccnc(Nc2ccccc2C(C)C)n1. The number of benzene rings is 1. The van der Waals surface area contributed by atoms with Crippen LogP contribution in [0.4, 0.5) is 17.5 Å². The Balaban J connectivity index is 2.26. The predicted octanol–water partition coefficient (Wildman–Crippen LogP) is 4.19. The summed E-state index contributed by atoms with van der Waals surface area (Å²) in [6.45, 7) is 10.5. The molecule has 0 saturated heterocycles. The molecule has 1 N–H and O–H groups in total. The minimum atomic E-state index is 0.458. The smallest absolute Gasteiger partial charge is 0.229 e. The van der Waals surface area contributed by atoms with Crippen LogP contribution in [-0.4, -0.2) is 23.1 Å². The first kappa shape index (κ1) is 15.3. The fraction of sp³-hybridized carbons (Fsp3) is 0.412. The summed E-state index contributed by atoms with van der Waals surface area (Å²) in [6.07, 6.45) is 1.81. The molecule has 0 atom stereocenters. The second-order valence-corrected chi connectivity index (χ2v) is 5.28. The van der Waals surface area contributed by atoms with Gasteiger partial charge in [-0.1, -0.05) is 32.0 Å². The number of nitrogens with one attached hydrogen (secondary N) is 1. The van der Waals surface area contributed by atoms with Crippen molar-refractivity contribution in [1.82, 2.24) is 9.97 Å². The molecule has 0 aliphatic rings. The standard InChI is InChI=1S/C17H24N4/c1-5-21(6-2)16-11-12-18-17(20-16)19-15-10-8-7-9-14(15)13(3)4/h7-13H,5-6H2,1-4H3,(H,18,19,20). The van der Waals surface area contributed by atoms with Crippen LogP contribution in [0.2, 0.25) is 0 Å². The normalized spacial score (nSPS) is 10.7. The number of para-hydroxylation sites is 1. The number of rotatable bonds is 6. The van der Waals surface area contributed by atoms with Crippen molar-refractivity contribution in [3.05, 3.63) is 42.1 Å². The highest BCUT2D eigenvalue weighted by Crippen LogP contribution is 2.26. The Morgan fingerprint density at radius 2 is 1.81 bits per heavy atom. The molecule has 0 spiro atoms. The number of aromatic nitrogens is 2. The topological polar surface area (TPSA) is 41.1 Å². The molecule has 4 heteroatoms. The maximum atomic E-state index is 4.61. The molecule has 0 bridgehead atoms. The third-order valence-corrected chi connectivity index (χ3v) is 3.56. The second-order valence-electron chi connectivity index (χ2n) is 5.28. The Hall–Kier alpha value is -2.10. The molecule has 21 heavy (non-hydrogen) atoms. The predicted molar refractivity (Wildman–Crippen MR) is 89.4 cm³/mol. The van der Waals surface area contributed by atoms with E-state index in [0.717, 1.165) is 24.6 Å². The van der Waals surface area contributed by atoms with Crippen molar-refractivity contribution in [1.29, 1.82) is 0 Å². The molecule has 0 amide bonds. The first-order valence-electron chi connectivity index (χ1n) is 7.59. The minimum Gasteiger partial charge on any atom is -0.357 e. The summed E-state index contributed by atoms with van der Waals surface area (Å²) in [7, 11) is 0. The molecular weight excluding hydrogens is 260 g/mol. The van der Waals surface area contributed by atoms with E-state index in [0.29, 0.717) is 11.9 Å². The molecule has 112 valence electrons. The Morgan fingerprint density at radius 1 is 1.10 bits per heavy atom. The highest BCUT2D eigenvalue weighted by molar-refractivity contribution is 5.60. The molecule has 2 aromatic rings. The molecule has 0 radical (unpaired) electrons. The summed E-state index contributed by atoms with van der Waals surface area (Å²) < 4.78 is 0. The Morgan fingerprint density at radius 3 is 2.48 bits per heavy atom. The average Bonchev–Trinajstić information content (AvgIpc) is 2.49. The van der Waals surface area contributed by atoms with Gasteiger partial charge in [0.15, 0.2) is 0 Å². The van der Waals surface area contributed by atoms with Crippen molar-refractivity contribution in [3.8, 4) is 0 Å². The molecule has 4 nitrogen and oxygen atoms in total. The van der Waals surface area contributed by atoms with Gasteiger partial charge in [-0.05, 0) is 37.5 Å². The van der Waals surface area contributed by atoms with Crippen LogP contribution in [0.1, 0.15) is 39.2 Å². The molecule has 0 unspecified atom stereocenters. The molecule has 0 aliphatic carbocycles. The highest BCUT2D eigenvalue weighted by atomic mass is 15.2. The van der Waals surface area contributed by atoms with Crippen molar-refractivity contribution in [2.45, 2.75) is 33.6 Å². The Kier molecular flexibility index (Phi) is 5.14. The zero-order valence-corrected chi connectivity index (χ0v) is 13.3. The van der Waals surface area contributed by atoms with Crippen LogP contribution in [0.5, 0.6) is 0 Å². The van der Waals surface area contributed by atoms with Crippen molar-refractivity contribution < 1.29 is 0 Å². The summed E-state index contributed by atoms with van der Waals surface area (Å²) in [5.74, 6) is 2.06. The van der Waals surface area contributed by atoms with Crippen molar-refractivity contribution >= 4 is 17.5 Å². The van der Waals surface area contributed by atoms with Gasteiger partial charge in [0, 0.05) is 25.0 Å². The van der Waals surface area contributed by atoms with Crippen molar-refractivity contribution in [2.75, 3.05) is 23.3 Å². The first-order valence-corrected chi connectivity index (χ1v) is 7.59. The number of anilines is 3. The van der Waals surface area contributed by atoms with Crippen LogP contribution in [0.15, 0.2) is 36.5 Å². The highest BCUT2D eigenvalue weighted by Gasteiger charge is 2.09. The van der Waals surface area contributed by atoms with Gasteiger partial charge < -0.3 is 10.2 Å². The second kappa shape index (κ2) is 7.07. The van der Waals surface area contributed by atoms with E-state index in [1.807, 2.05) is 12.1 Å². The van der Waals surface area contributed by atoms with Gasteiger partial charge >= 0.3 is 0 Å². The van der Waals surface area contributed by atoms with Crippen LogP contribution in [0, 0.1) is 0 Å². The zero-order valence-electron chi connectivity index (χ0n) is 13.3. The Labute approximate surface area is 127 Å². The average molecular weight is 284 g/mol. The van der Waals surface area contributed by atoms with Gasteiger partial charge in [0.2, 0.25) is 5.95 Å². The lowest BCUT2D eigenvalue weighted by atomic mass is 10.0. The molecular formula is C17H24N4. The van der Waals surface area contributed by atoms with Gasteiger partial charge in [0.05, 0.1) is 0 Å². The number of hydrogen-bond acceptors (Lipinski definition) is 4. The maximum absolute atomic E-state index is 4.61. The third-order valence-electron chi connectivity index (χ3n) is 3.56. The van der Waals surface area contributed by atoms with Gasteiger partial charge in [-0.25, -0.2) is 4.98 Å². The quantitative estimate of drug-likeness (QED) is 0.863. The van der Waals surface area contributed by atoms with E-state index in [4.69, 9.17) is 0 Å². The van der Waals surface area contributed by atoms with Gasteiger partial charge in [-0.3, -0.25) is 0 Å². The monoisotopic (exact) mass is 284 g/mol. The van der Waals surface area contributed by atoms with Crippen LogP contribution in [0.25, 0.3) is 0 Å². The third kappa shape index (κ3) is 3.72. The fourth-order valence-corrected chi connectivity index (χ4v) is 2.37. The lowest BCUT2D eigenvalue weighted by Gasteiger charge is -2.20. The summed E-state index contributed by atoms with van der Waals surface area (Å²) in [5, 5.41) is 3.35. The zero-order chi connectivity index (χ0) is 15.2. The number of nitrogens with zero attached hydrogens (tertiary/aromatic N) is 3. The molecule has 2 rings (SSSR count). The van der Waals surface area contributed by atoms with Gasteiger partial charge in [0.1, 0.15) is 5.82 Å². The van der Waals surface area contributed by atoms with Gasteiger partial charge in [-0.15, -0.1) is 0 Å². The first-order chi connectivity index (χ1) is 10.2. The van der Waals surface area contributed by atoms with Crippen molar-refractivity contribution in [3.63, 3.8) is 0 Å². The molecule has 0 saturated carbocycles. The van der Waals surface area contributed by atoms with E-state index in [1.54, 1.807) is 6.20 Å². The minimum absolute atomic E-state index is 0.458. The molecule has 1 aromatic carbocycles. The Bertz CT molecular complexity index is 577. The summed E-state index contributed by atoms with van der Waals surface area (Å²) in [5.41, 5.74) is 2.35. The molecule has 1 aromatic heterocycles. The van der Waals surface area contributed by atoms with E-state index < -0.39 is 0 Å². The lowest BCUT2D eigenvalue weighted by molar-refractivity contribution is 0.842. The van der Waals surface area contributed by atoms with E-state index in [9.17, 15) is 0 Å². The summed E-state index contributed by atoms with van der Waals surface area (Å²) in [6, 6.07) is 10.3. The van der Waals surface area contributed by atoms with Gasteiger partial charge in [0.25, 0.3) is 0 Å². The summed E-state index contributed by atoms with van der Waals surface area (Å²) in [4.78, 5) is 11.2. The maximum Gasteiger partial charge on any atom is 0.229 e. The molecule has 1 heterocycles. The van der Waals surface area contributed by atoms with Crippen LogP contribution < -0.4 is 10.2 Å². The van der Waals surface area contributed by atoms with E-state index in [2.05, 4.69) is 66.1 Å². The summed E-state index contributed by atoms with van der Waals surface area (Å²) >= 11 is 0. The molecule has 0 fully saturated rings. The van der Waals surface area contributed by atoms with Gasteiger partial charge in [-0.2, -0.15) is 4.98 Å². The van der Waals surface area contributed by atoms with E-state index >= 15 is 0 Å². The molecule has 0 aliphatic heterocycles. The lowest BCUT2D eigenvalue weighted by Crippen LogP contribution is -2.23. The largest absolute Gasteiger partial charge is 0.357 e.